The lowest BCUT2D eigenvalue weighted by Gasteiger charge is -2.05. The van der Waals surface area contributed by atoms with Crippen molar-refractivity contribution in [3.63, 3.8) is 0 Å². The van der Waals surface area contributed by atoms with Gasteiger partial charge in [-0.05, 0) is 13.8 Å². The van der Waals surface area contributed by atoms with E-state index < -0.39 is 0 Å². The summed E-state index contributed by atoms with van der Waals surface area (Å²) in [5, 5.41) is 0. The van der Waals surface area contributed by atoms with Crippen molar-refractivity contribution in [1.82, 2.24) is 0 Å². The predicted octanol–water partition coefficient (Wildman–Crippen LogP) is 3.42. The third-order valence-electron chi connectivity index (χ3n) is 2.36. The van der Waals surface area contributed by atoms with Crippen molar-refractivity contribution >= 4 is 47.2 Å². The Hall–Kier alpha value is -0.530. The molecule has 0 N–H and O–H groups in total. The average molecular weight is 379 g/mol. The second-order valence-corrected chi connectivity index (χ2v) is 8.34. The number of hydrogen-bond acceptors (Lipinski definition) is 7. The zero-order chi connectivity index (χ0) is 17.5. The minimum atomic E-state index is -0.314. The van der Waals surface area contributed by atoms with Gasteiger partial charge in [-0.25, -0.2) is 9.59 Å². The largest absolute Gasteiger partial charge is 0.461 e. The zero-order valence-corrected chi connectivity index (χ0v) is 16.4. The van der Waals surface area contributed by atoms with Crippen molar-refractivity contribution in [3.8, 4) is 0 Å². The van der Waals surface area contributed by atoms with Crippen molar-refractivity contribution < 1.29 is 19.1 Å². The van der Waals surface area contributed by atoms with E-state index in [9.17, 15) is 9.59 Å². The molecular weight excluding hydrogens is 352 g/mol. The van der Waals surface area contributed by atoms with Crippen LogP contribution in [0.1, 0.15) is 13.8 Å². The zero-order valence-electron chi connectivity index (χ0n) is 13.9. The molecular formula is C16H26O4S3. The number of ether oxygens (including phenoxy) is 2. The van der Waals surface area contributed by atoms with Crippen LogP contribution in [0.15, 0.2) is 24.3 Å². The molecule has 0 radical (unpaired) electrons. The van der Waals surface area contributed by atoms with E-state index in [1.165, 1.54) is 0 Å². The van der Waals surface area contributed by atoms with Gasteiger partial charge in [-0.1, -0.05) is 13.2 Å². The molecule has 0 aliphatic rings. The number of carbonyl (C=O) groups is 2. The monoisotopic (exact) mass is 378 g/mol. The quantitative estimate of drug-likeness (QED) is 0.261. The summed E-state index contributed by atoms with van der Waals surface area (Å²) in [4.78, 5) is 22.3. The van der Waals surface area contributed by atoms with E-state index in [2.05, 4.69) is 13.2 Å². The maximum absolute atomic E-state index is 11.1. The standard InChI is InChI=1S/C16H26O4S3/c1-13(2)15(17)19-5-7-21-9-11-23-12-10-22-8-6-20-16(18)14(3)4/h1,3,5-12H2,2,4H3. The summed E-state index contributed by atoms with van der Waals surface area (Å²) < 4.78 is 10.0. The Morgan fingerprint density at radius 3 is 1.30 bits per heavy atom. The second kappa shape index (κ2) is 15.0. The topological polar surface area (TPSA) is 52.6 Å². The van der Waals surface area contributed by atoms with Crippen molar-refractivity contribution in [3.05, 3.63) is 24.3 Å². The van der Waals surface area contributed by atoms with Crippen molar-refractivity contribution in [2.24, 2.45) is 0 Å². The third-order valence-corrected chi connectivity index (χ3v) is 5.76. The molecule has 7 heteroatoms. The molecule has 0 rings (SSSR count). The van der Waals surface area contributed by atoms with Gasteiger partial charge < -0.3 is 9.47 Å². The molecule has 0 aliphatic heterocycles. The molecule has 0 aromatic carbocycles. The van der Waals surface area contributed by atoms with Gasteiger partial charge in [-0.15, -0.1) is 0 Å². The van der Waals surface area contributed by atoms with Crippen molar-refractivity contribution in [1.29, 1.82) is 0 Å². The second-order valence-electron chi connectivity index (χ2n) is 4.67. The summed E-state index contributed by atoms with van der Waals surface area (Å²) >= 11 is 5.48. The minimum absolute atomic E-state index is 0.314. The lowest BCUT2D eigenvalue weighted by Crippen LogP contribution is -2.08. The number of esters is 2. The highest BCUT2D eigenvalue weighted by Gasteiger charge is 2.03. The van der Waals surface area contributed by atoms with Gasteiger partial charge in [-0.3, -0.25) is 0 Å². The van der Waals surface area contributed by atoms with E-state index >= 15 is 0 Å². The maximum Gasteiger partial charge on any atom is 0.333 e. The molecule has 0 amide bonds. The smallest absolute Gasteiger partial charge is 0.333 e. The van der Waals surface area contributed by atoms with Crippen LogP contribution in [0, 0.1) is 0 Å². The van der Waals surface area contributed by atoms with E-state index in [-0.39, 0.29) is 11.9 Å². The first-order chi connectivity index (χ1) is 10.9. The summed E-state index contributed by atoms with van der Waals surface area (Å²) in [6.07, 6.45) is 0. The van der Waals surface area contributed by atoms with Gasteiger partial charge in [0.15, 0.2) is 0 Å². The van der Waals surface area contributed by atoms with Crippen LogP contribution < -0.4 is 0 Å². The van der Waals surface area contributed by atoms with Crippen LogP contribution in [-0.2, 0) is 19.1 Å². The lowest BCUT2D eigenvalue weighted by atomic mass is 10.4. The maximum atomic E-state index is 11.1. The highest BCUT2D eigenvalue weighted by Crippen LogP contribution is 2.10. The Morgan fingerprint density at radius 1 is 0.696 bits per heavy atom. The average Bonchev–Trinajstić information content (AvgIpc) is 2.50. The molecule has 0 unspecified atom stereocenters. The van der Waals surface area contributed by atoms with Gasteiger partial charge in [-0.2, -0.15) is 35.3 Å². The first kappa shape index (κ1) is 22.5. The van der Waals surface area contributed by atoms with Crippen LogP contribution in [0.25, 0.3) is 0 Å². The minimum Gasteiger partial charge on any atom is -0.461 e. The Balaban J connectivity index is 3.19. The molecule has 0 heterocycles. The fourth-order valence-electron chi connectivity index (χ4n) is 1.17. The van der Waals surface area contributed by atoms with Gasteiger partial charge in [0.1, 0.15) is 13.2 Å². The molecule has 4 nitrogen and oxygen atoms in total. The number of carbonyl (C=O) groups excluding carboxylic acids is 2. The van der Waals surface area contributed by atoms with Gasteiger partial charge >= 0.3 is 11.9 Å². The summed E-state index contributed by atoms with van der Waals surface area (Å²) in [6, 6.07) is 0. The molecule has 23 heavy (non-hydrogen) atoms. The Bertz CT molecular complexity index is 361. The van der Waals surface area contributed by atoms with E-state index in [1.807, 2.05) is 11.8 Å². The van der Waals surface area contributed by atoms with Gasteiger partial charge in [0.2, 0.25) is 0 Å². The van der Waals surface area contributed by atoms with E-state index in [1.54, 1.807) is 37.4 Å². The normalized spacial score (nSPS) is 10.2. The van der Waals surface area contributed by atoms with E-state index in [0.29, 0.717) is 24.4 Å². The molecule has 0 bridgehead atoms. The molecule has 0 saturated heterocycles. The van der Waals surface area contributed by atoms with Crippen LogP contribution >= 0.6 is 35.3 Å². The Morgan fingerprint density at radius 2 is 1.00 bits per heavy atom. The third kappa shape index (κ3) is 14.8. The summed E-state index contributed by atoms with van der Waals surface area (Å²) in [5.41, 5.74) is 0.884. The fraction of sp³-hybridized carbons (Fsp3) is 0.625. The molecule has 0 fully saturated rings. The molecule has 0 saturated carbocycles. The van der Waals surface area contributed by atoms with E-state index in [4.69, 9.17) is 9.47 Å². The number of thioether (sulfide) groups is 3. The Kier molecular flexibility index (Phi) is 14.7. The molecule has 0 spiro atoms. The van der Waals surface area contributed by atoms with Gasteiger partial charge in [0.25, 0.3) is 0 Å². The molecule has 0 aromatic heterocycles. The van der Waals surface area contributed by atoms with Crippen molar-refractivity contribution in [2.75, 3.05) is 47.7 Å². The van der Waals surface area contributed by atoms with Gasteiger partial charge in [0.05, 0.1) is 0 Å². The molecule has 0 aliphatic carbocycles. The fourth-order valence-corrected chi connectivity index (χ4v) is 4.08. The highest BCUT2D eigenvalue weighted by atomic mass is 32.2. The van der Waals surface area contributed by atoms with Crippen molar-refractivity contribution in [2.45, 2.75) is 13.8 Å². The summed E-state index contributed by atoms with van der Waals surface area (Å²) in [7, 11) is 0. The van der Waals surface area contributed by atoms with Gasteiger partial charge in [0, 0.05) is 45.7 Å². The SMILES string of the molecule is C=C(C)C(=O)OCCSCCSCCSCCOC(=O)C(=C)C. The van der Waals surface area contributed by atoms with Crippen LogP contribution in [0.4, 0.5) is 0 Å². The highest BCUT2D eigenvalue weighted by molar-refractivity contribution is 8.04. The predicted molar refractivity (Wildman–Crippen MR) is 104 cm³/mol. The first-order valence-electron chi connectivity index (χ1n) is 7.33. The van der Waals surface area contributed by atoms with Crippen LogP contribution in [0.2, 0.25) is 0 Å². The number of hydrogen-bond donors (Lipinski definition) is 0. The first-order valence-corrected chi connectivity index (χ1v) is 10.8. The number of rotatable bonds is 14. The molecule has 132 valence electrons. The van der Waals surface area contributed by atoms with E-state index in [0.717, 1.165) is 34.5 Å². The van der Waals surface area contributed by atoms with Crippen LogP contribution in [0.5, 0.6) is 0 Å². The van der Waals surface area contributed by atoms with Crippen LogP contribution in [0.3, 0.4) is 0 Å². The molecule has 0 atom stereocenters. The lowest BCUT2D eigenvalue weighted by molar-refractivity contribution is -0.139. The summed E-state index contributed by atoms with van der Waals surface area (Å²) in [6.45, 7) is 11.2. The van der Waals surface area contributed by atoms with Crippen LogP contribution in [-0.4, -0.2) is 59.7 Å². The molecule has 0 aromatic rings. The Labute approximate surface area is 152 Å². The summed E-state index contributed by atoms with van der Waals surface area (Å²) in [5.74, 6) is 5.29.